The Kier molecular flexibility index (Phi) is 5.41. The van der Waals surface area contributed by atoms with Gasteiger partial charge in [-0.15, -0.1) is 11.3 Å². The van der Waals surface area contributed by atoms with Gasteiger partial charge in [0, 0.05) is 42.3 Å². The van der Waals surface area contributed by atoms with Gasteiger partial charge in [0.05, 0.1) is 0 Å². The van der Waals surface area contributed by atoms with Crippen molar-refractivity contribution in [1.82, 2.24) is 15.2 Å². The highest BCUT2D eigenvalue weighted by Gasteiger charge is 2.23. The van der Waals surface area contributed by atoms with Crippen molar-refractivity contribution >= 4 is 22.5 Å². The second-order valence-electron chi connectivity index (χ2n) is 7.13. The maximum absolute atomic E-state index is 11.8. The fraction of sp³-hybridized carbons (Fsp3) is 0.733. The zero-order valence-electron chi connectivity index (χ0n) is 13.8. The van der Waals surface area contributed by atoms with Crippen LogP contribution in [-0.2, 0) is 6.54 Å². The molecule has 0 bridgehead atoms. The summed E-state index contributed by atoms with van der Waals surface area (Å²) in [6.45, 7) is 11.0. The van der Waals surface area contributed by atoms with Crippen LogP contribution in [0.5, 0.6) is 0 Å². The number of thiazole rings is 1. The molecular formula is C15H27N5OS. The summed E-state index contributed by atoms with van der Waals surface area (Å²) in [6, 6.07) is 0.0991. The number of urea groups is 1. The molecule has 0 spiro atoms. The fourth-order valence-corrected chi connectivity index (χ4v) is 3.37. The van der Waals surface area contributed by atoms with Crippen molar-refractivity contribution in [3.8, 4) is 0 Å². The van der Waals surface area contributed by atoms with Gasteiger partial charge in [0.15, 0.2) is 5.13 Å². The molecule has 1 fully saturated rings. The van der Waals surface area contributed by atoms with Gasteiger partial charge in [-0.1, -0.05) is 6.92 Å². The zero-order valence-corrected chi connectivity index (χ0v) is 14.7. The summed E-state index contributed by atoms with van der Waals surface area (Å²) in [5.74, 6) is 0.525. The molecule has 0 aromatic carbocycles. The van der Waals surface area contributed by atoms with E-state index in [-0.39, 0.29) is 11.6 Å². The number of carbonyl (C=O) groups excluding carboxylic acids is 1. The molecule has 1 aliphatic heterocycles. The molecule has 1 aliphatic rings. The lowest BCUT2D eigenvalue weighted by molar-refractivity contribution is 0.159. The van der Waals surface area contributed by atoms with E-state index in [1.807, 2.05) is 27.0 Å². The first kappa shape index (κ1) is 17.2. The summed E-state index contributed by atoms with van der Waals surface area (Å²) < 4.78 is 0. The minimum Gasteiger partial charge on any atom is -0.333 e. The Labute approximate surface area is 136 Å². The highest BCUT2D eigenvalue weighted by atomic mass is 32.1. The lowest BCUT2D eigenvalue weighted by Crippen LogP contribution is -2.45. The van der Waals surface area contributed by atoms with Crippen LogP contribution >= 0.6 is 11.3 Å². The summed E-state index contributed by atoms with van der Waals surface area (Å²) >= 11 is 1.53. The molecule has 124 valence electrons. The Morgan fingerprint density at radius 1 is 1.55 bits per heavy atom. The van der Waals surface area contributed by atoms with Gasteiger partial charge in [-0.25, -0.2) is 9.78 Å². The Hall–Kier alpha value is -1.18. The van der Waals surface area contributed by atoms with Gasteiger partial charge in [0.1, 0.15) is 0 Å². The van der Waals surface area contributed by atoms with Crippen molar-refractivity contribution in [2.24, 2.45) is 11.7 Å². The van der Waals surface area contributed by atoms with Crippen LogP contribution in [0.4, 0.5) is 9.93 Å². The molecule has 1 saturated heterocycles. The first-order valence-corrected chi connectivity index (χ1v) is 8.56. The second kappa shape index (κ2) is 6.93. The van der Waals surface area contributed by atoms with E-state index in [0.717, 1.165) is 30.9 Å². The monoisotopic (exact) mass is 325 g/mol. The number of nitrogens with zero attached hydrogens (tertiary/aromatic N) is 2. The van der Waals surface area contributed by atoms with Crippen LogP contribution in [0.1, 0.15) is 39.0 Å². The molecule has 0 aliphatic carbocycles. The molecule has 22 heavy (non-hydrogen) atoms. The molecule has 1 aromatic rings. The number of aromatic nitrogens is 1. The van der Waals surface area contributed by atoms with Crippen LogP contribution in [0.15, 0.2) is 6.20 Å². The highest BCUT2D eigenvalue weighted by molar-refractivity contribution is 7.15. The average molecular weight is 325 g/mol. The molecule has 0 saturated carbocycles. The molecule has 2 atom stereocenters. The Bertz CT molecular complexity index is 510. The molecule has 1 aromatic heterocycles. The van der Waals surface area contributed by atoms with Crippen LogP contribution in [-0.4, -0.2) is 40.6 Å². The van der Waals surface area contributed by atoms with Crippen molar-refractivity contribution in [3.05, 3.63) is 11.1 Å². The molecule has 2 rings (SSSR count). The van der Waals surface area contributed by atoms with E-state index in [0.29, 0.717) is 17.1 Å². The highest BCUT2D eigenvalue weighted by Crippen LogP contribution is 2.23. The van der Waals surface area contributed by atoms with Crippen LogP contribution in [0.3, 0.4) is 0 Å². The van der Waals surface area contributed by atoms with Crippen molar-refractivity contribution in [3.63, 3.8) is 0 Å². The summed E-state index contributed by atoms with van der Waals surface area (Å²) in [6.07, 6.45) is 2.88. The molecule has 2 unspecified atom stereocenters. The molecule has 2 heterocycles. The maximum atomic E-state index is 11.8. The van der Waals surface area contributed by atoms with E-state index >= 15 is 0 Å². The maximum Gasteiger partial charge on any atom is 0.321 e. The topological polar surface area (TPSA) is 83.3 Å². The van der Waals surface area contributed by atoms with E-state index in [2.05, 4.69) is 27.4 Å². The Morgan fingerprint density at radius 3 is 2.91 bits per heavy atom. The average Bonchev–Trinajstić information content (AvgIpc) is 2.78. The smallest absolute Gasteiger partial charge is 0.321 e. The third-order valence-electron chi connectivity index (χ3n) is 3.70. The Balaban J connectivity index is 1.85. The van der Waals surface area contributed by atoms with Crippen LogP contribution < -0.4 is 16.4 Å². The Morgan fingerprint density at radius 2 is 2.27 bits per heavy atom. The SMILES string of the molecule is CC1CN(Cc2cnc(NC(=O)NC(C)(C)C)s2)CCC1N. The predicted octanol–water partition coefficient (Wildman–Crippen LogP) is 2.23. The van der Waals surface area contributed by atoms with E-state index in [1.165, 1.54) is 11.3 Å². The van der Waals surface area contributed by atoms with Crippen molar-refractivity contribution in [2.75, 3.05) is 18.4 Å². The summed E-state index contributed by atoms with van der Waals surface area (Å²) in [5.41, 5.74) is 5.80. The summed E-state index contributed by atoms with van der Waals surface area (Å²) in [5, 5.41) is 6.29. The minimum absolute atomic E-state index is 0.217. The predicted molar refractivity (Wildman–Crippen MR) is 91.1 cm³/mol. The quantitative estimate of drug-likeness (QED) is 0.796. The fourth-order valence-electron chi connectivity index (χ4n) is 2.52. The number of hydrogen-bond acceptors (Lipinski definition) is 5. The normalized spacial score (nSPS) is 23.3. The summed E-state index contributed by atoms with van der Waals surface area (Å²) in [7, 11) is 0. The number of hydrogen-bond donors (Lipinski definition) is 3. The summed E-state index contributed by atoms with van der Waals surface area (Å²) in [4.78, 5) is 19.7. The zero-order chi connectivity index (χ0) is 16.3. The van der Waals surface area contributed by atoms with Crippen LogP contribution in [0.25, 0.3) is 0 Å². The van der Waals surface area contributed by atoms with Crippen LogP contribution in [0.2, 0.25) is 0 Å². The van der Waals surface area contributed by atoms with Crippen LogP contribution in [0, 0.1) is 5.92 Å². The largest absolute Gasteiger partial charge is 0.333 e. The first-order chi connectivity index (χ1) is 10.2. The van der Waals surface area contributed by atoms with Gasteiger partial charge < -0.3 is 11.1 Å². The number of anilines is 1. The van der Waals surface area contributed by atoms with E-state index in [9.17, 15) is 4.79 Å². The van der Waals surface area contributed by atoms with Gasteiger partial charge in [0.25, 0.3) is 0 Å². The lowest BCUT2D eigenvalue weighted by Gasteiger charge is -2.34. The molecule has 0 radical (unpaired) electrons. The van der Waals surface area contributed by atoms with Crippen molar-refractivity contribution < 1.29 is 4.79 Å². The third kappa shape index (κ3) is 5.23. The molecule has 7 heteroatoms. The molecular weight excluding hydrogens is 298 g/mol. The first-order valence-electron chi connectivity index (χ1n) is 7.75. The van der Waals surface area contributed by atoms with E-state index < -0.39 is 0 Å². The lowest BCUT2D eigenvalue weighted by atomic mass is 9.95. The van der Waals surface area contributed by atoms with Gasteiger partial charge in [-0.3, -0.25) is 10.2 Å². The number of likely N-dealkylation sites (tertiary alicyclic amines) is 1. The van der Waals surface area contributed by atoms with Gasteiger partial charge in [-0.2, -0.15) is 0 Å². The standard InChI is InChI=1S/C15H27N5OS/c1-10-8-20(6-5-12(10)16)9-11-7-17-14(22-11)18-13(21)19-15(2,3)4/h7,10,12H,5-6,8-9,16H2,1-4H3,(H2,17,18,19,21). The number of rotatable bonds is 3. The number of piperidine rings is 1. The van der Waals surface area contributed by atoms with Crippen molar-refractivity contribution in [2.45, 2.75) is 52.2 Å². The number of carbonyl (C=O) groups is 1. The third-order valence-corrected chi connectivity index (χ3v) is 4.60. The van der Waals surface area contributed by atoms with Gasteiger partial charge in [-0.05, 0) is 33.1 Å². The molecule has 4 N–H and O–H groups in total. The van der Waals surface area contributed by atoms with E-state index in [4.69, 9.17) is 5.73 Å². The number of nitrogens with one attached hydrogen (secondary N) is 2. The number of nitrogens with two attached hydrogens (primary N) is 1. The van der Waals surface area contributed by atoms with Gasteiger partial charge >= 0.3 is 6.03 Å². The van der Waals surface area contributed by atoms with E-state index in [1.54, 1.807) is 0 Å². The van der Waals surface area contributed by atoms with Gasteiger partial charge in [0.2, 0.25) is 0 Å². The molecule has 6 nitrogen and oxygen atoms in total. The van der Waals surface area contributed by atoms with Crippen molar-refractivity contribution in [1.29, 1.82) is 0 Å². The minimum atomic E-state index is -0.257. The number of amides is 2. The second-order valence-corrected chi connectivity index (χ2v) is 8.24. The molecule has 2 amide bonds.